The van der Waals surface area contributed by atoms with E-state index in [0.717, 1.165) is 11.4 Å². The fraction of sp³-hybridized carbons (Fsp3) is 0.222. The first kappa shape index (κ1) is 18.6. The zero-order valence-corrected chi connectivity index (χ0v) is 16.2. The first-order valence-electron chi connectivity index (χ1n) is 8.53. The number of halogens is 1. The largest absolute Gasteiger partial charge is 0.370 e. The Bertz CT molecular complexity index is 1000. The van der Waals surface area contributed by atoms with Crippen LogP contribution in [0.25, 0.3) is 5.69 Å². The van der Waals surface area contributed by atoms with Crippen molar-refractivity contribution >= 4 is 40.4 Å². The SMILES string of the molecule is O=C(NCc1cn(-c2ccc(N3CCOCC3=O)cc2)nn1)c1ccc(Cl)s1. The van der Waals surface area contributed by atoms with Crippen LogP contribution in [0, 0.1) is 0 Å². The third-order valence-corrected chi connectivity index (χ3v) is 5.41. The van der Waals surface area contributed by atoms with Crippen LogP contribution in [0.5, 0.6) is 0 Å². The smallest absolute Gasteiger partial charge is 0.261 e. The van der Waals surface area contributed by atoms with Gasteiger partial charge in [0.15, 0.2) is 0 Å². The summed E-state index contributed by atoms with van der Waals surface area (Å²) in [6.45, 7) is 1.44. The Morgan fingerprint density at radius 2 is 2.00 bits per heavy atom. The first-order chi connectivity index (χ1) is 13.6. The number of anilines is 1. The molecule has 0 saturated carbocycles. The van der Waals surface area contributed by atoms with Gasteiger partial charge in [0.1, 0.15) is 12.3 Å². The Morgan fingerprint density at radius 1 is 1.21 bits per heavy atom. The monoisotopic (exact) mass is 417 g/mol. The van der Waals surface area contributed by atoms with Crippen molar-refractivity contribution < 1.29 is 14.3 Å². The van der Waals surface area contributed by atoms with Crippen molar-refractivity contribution in [3.63, 3.8) is 0 Å². The number of aromatic nitrogens is 3. The van der Waals surface area contributed by atoms with Gasteiger partial charge in [-0.3, -0.25) is 9.59 Å². The van der Waals surface area contributed by atoms with Crippen LogP contribution in [0.15, 0.2) is 42.6 Å². The lowest BCUT2D eigenvalue weighted by atomic mass is 10.2. The van der Waals surface area contributed by atoms with E-state index in [9.17, 15) is 9.59 Å². The van der Waals surface area contributed by atoms with Crippen LogP contribution < -0.4 is 10.2 Å². The molecule has 8 nitrogen and oxygen atoms in total. The number of nitrogens with zero attached hydrogens (tertiary/aromatic N) is 4. The Balaban J connectivity index is 1.39. The normalized spacial score (nSPS) is 14.3. The number of carbonyl (C=O) groups is 2. The Morgan fingerprint density at radius 3 is 2.71 bits per heavy atom. The molecule has 1 aliphatic heterocycles. The third kappa shape index (κ3) is 4.06. The topological polar surface area (TPSA) is 89.4 Å². The molecule has 0 atom stereocenters. The van der Waals surface area contributed by atoms with Crippen molar-refractivity contribution in [2.75, 3.05) is 24.7 Å². The minimum atomic E-state index is -0.203. The number of carbonyl (C=O) groups excluding carboxylic acids is 2. The van der Waals surface area contributed by atoms with Crippen LogP contribution in [0.3, 0.4) is 0 Å². The van der Waals surface area contributed by atoms with Crippen molar-refractivity contribution in [1.82, 2.24) is 20.3 Å². The molecule has 4 rings (SSSR count). The van der Waals surface area contributed by atoms with E-state index in [4.69, 9.17) is 16.3 Å². The van der Waals surface area contributed by atoms with E-state index in [1.54, 1.807) is 27.9 Å². The molecule has 1 aromatic carbocycles. The van der Waals surface area contributed by atoms with Gasteiger partial charge in [-0.25, -0.2) is 4.68 Å². The molecule has 0 spiro atoms. The maximum absolute atomic E-state index is 12.1. The Kier molecular flexibility index (Phi) is 5.38. The zero-order chi connectivity index (χ0) is 19.5. The molecule has 144 valence electrons. The van der Waals surface area contributed by atoms with E-state index in [-0.39, 0.29) is 25.0 Å². The maximum Gasteiger partial charge on any atom is 0.261 e. The molecule has 1 N–H and O–H groups in total. The van der Waals surface area contributed by atoms with Gasteiger partial charge in [-0.2, -0.15) is 0 Å². The van der Waals surface area contributed by atoms with Gasteiger partial charge < -0.3 is 15.0 Å². The average Bonchev–Trinajstić information content (AvgIpc) is 3.36. The lowest BCUT2D eigenvalue weighted by Crippen LogP contribution is -2.41. The first-order valence-corrected chi connectivity index (χ1v) is 9.73. The quantitative estimate of drug-likeness (QED) is 0.687. The molecule has 0 unspecified atom stereocenters. The highest BCUT2D eigenvalue weighted by molar-refractivity contribution is 7.17. The highest BCUT2D eigenvalue weighted by Crippen LogP contribution is 2.21. The van der Waals surface area contributed by atoms with Gasteiger partial charge >= 0.3 is 0 Å². The van der Waals surface area contributed by atoms with Crippen LogP contribution in [0.2, 0.25) is 4.34 Å². The number of thiophene rings is 1. The number of amides is 2. The van der Waals surface area contributed by atoms with Crippen LogP contribution >= 0.6 is 22.9 Å². The lowest BCUT2D eigenvalue weighted by Gasteiger charge is -2.26. The molecule has 1 fully saturated rings. The molecule has 2 aromatic heterocycles. The van der Waals surface area contributed by atoms with Gasteiger partial charge in [0.2, 0.25) is 0 Å². The van der Waals surface area contributed by atoms with Gasteiger partial charge in [0, 0.05) is 12.2 Å². The van der Waals surface area contributed by atoms with E-state index >= 15 is 0 Å². The van der Waals surface area contributed by atoms with Gasteiger partial charge in [-0.15, -0.1) is 16.4 Å². The summed E-state index contributed by atoms with van der Waals surface area (Å²) in [4.78, 5) is 26.2. The summed E-state index contributed by atoms with van der Waals surface area (Å²) in [6, 6.07) is 10.8. The predicted molar refractivity (Wildman–Crippen MR) is 105 cm³/mol. The van der Waals surface area contributed by atoms with Crippen molar-refractivity contribution in [2.24, 2.45) is 0 Å². The molecule has 10 heteroatoms. The van der Waals surface area contributed by atoms with Crippen LogP contribution in [0.4, 0.5) is 5.69 Å². The van der Waals surface area contributed by atoms with Crippen molar-refractivity contribution in [2.45, 2.75) is 6.54 Å². The number of nitrogens with one attached hydrogen (secondary N) is 1. The van der Waals surface area contributed by atoms with E-state index in [1.807, 2.05) is 24.3 Å². The number of ether oxygens (including phenoxy) is 1. The summed E-state index contributed by atoms with van der Waals surface area (Å²) in [5.74, 6) is -0.254. The van der Waals surface area contributed by atoms with Crippen LogP contribution in [-0.2, 0) is 16.1 Å². The van der Waals surface area contributed by atoms with Crippen molar-refractivity contribution in [3.8, 4) is 5.69 Å². The number of hydrogen-bond acceptors (Lipinski definition) is 6. The summed E-state index contributed by atoms with van der Waals surface area (Å²) in [7, 11) is 0. The summed E-state index contributed by atoms with van der Waals surface area (Å²) >= 11 is 7.07. The molecular formula is C18H16ClN5O3S. The number of morpholine rings is 1. The lowest BCUT2D eigenvalue weighted by molar-refractivity contribution is -0.125. The highest BCUT2D eigenvalue weighted by atomic mass is 35.5. The maximum atomic E-state index is 12.1. The van der Waals surface area contributed by atoms with Gasteiger partial charge in [0.25, 0.3) is 11.8 Å². The number of rotatable bonds is 5. The predicted octanol–water partition coefficient (Wildman–Crippen LogP) is 2.28. The third-order valence-electron chi connectivity index (χ3n) is 4.18. The molecule has 1 aliphatic rings. The van der Waals surface area contributed by atoms with E-state index < -0.39 is 0 Å². The van der Waals surface area contributed by atoms with Crippen molar-refractivity contribution in [1.29, 1.82) is 0 Å². The fourth-order valence-electron chi connectivity index (χ4n) is 2.78. The molecule has 3 heterocycles. The molecule has 2 amide bonds. The second-order valence-electron chi connectivity index (χ2n) is 6.06. The summed E-state index contributed by atoms with van der Waals surface area (Å²) in [6.07, 6.45) is 1.75. The molecule has 1 saturated heterocycles. The second-order valence-corrected chi connectivity index (χ2v) is 7.77. The zero-order valence-electron chi connectivity index (χ0n) is 14.7. The molecule has 0 aliphatic carbocycles. The van der Waals surface area contributed by atoms with Crippen molar-refractivity contribution in [3.05, 3.63) is 57.5 Å². The van der Waals surface area contributed by atoms with E-state index in [1.165, 1.54) is 11.3 Å². The second kappa shape index (κ2) is 8.09. The molecule has 0 bridgehead atoms. The van der Waals surface area contributed by atoms with Gasteiger partial charge in [-0.1, -0.05) is 16.8 Å². The van der Waals surface area contributed by atoms with Crippen LogP contribution in [-0.4, -0.2) is 46.6 Å². The van der Waals surface area contributed by atoms with E-state index in [0.29, 0.717) is 28.1 Å². The fourth-order valence-corrected chi connectivity index (χ4v) is 3.74. The minimum Gasteiger partial charge on any atom is -0.370 e. The Hall–Kier alpha value is -2.75. The molecule has 28 heavy (non-hydrogen) atoms. The summed E-state index contributed by atoms with van der Waals surface area (Å²) in [5.41, 5.74) is 2.25. The summed E-state index contributed by atoms with van der Waals surface area (Å²) < 4.78 is 7.34. The summed E-state index contributed by atoms with van der Waals surface area (Å²) in [5, 5.41) is 11.0. The number of hydrogen-bond donors (Lipinski definition) is 1. The molecule has 3 aromatic rings. The number of benzene rings is 1. The Labute approximate surface area is 169 Å². The van der Waals surface area contributed by atoms with Gasteiger partial charge in [-0.05, 0) is 36.4 Å². The average molecular weight is 418 g/mol. The highest BCUT2D eigenvalue weighted by Gasteiger charge is 2.20. The minimum absolute atomic E-state index is 0.0511. The van der Waals surface area contributed by atoms with E-state index in [2.05, 4.69) is 15.6 Å². The van der Waals surface area contributed by atoms with Gasteiger partial charge in [0.05, 0.1) is 34.2 Å². The van der Waals surface area contributed by atoms with Crippen LogP contribution in [0.1, 0.15) is 15.4 Å². The standard InChI is InChI=1S/C18H16ClN5O3S/c19-16-6-5-15(28-16)18(26)20-9-12-10-24(22-21-12)14-3-1-13(2-4-14)23-7-8-27-11-17(23)25/h1-6,10H,7-9,11H2,(H,20,26). The molecular weight excluding hydrogens is 402 g/mol. The molecule has 0 radical (unpaired) electrons.